The second-order valence-corrected chi connectivity index (χ2v) is 2.49. The summed E-state index contributed by atoms with van der Waals surface area (Å²) in [5.41, 5.74) is 0. The van der Waals surface area contributed by atoms with Crippen molar-refractivity contribution in [1.29, 1.82) is 0 Å². The number of carbonyl (C=O) groups excluding carboxylic acids is 1. The van der Waals surface area contributed by atoms with Crippen molar-refractivity contribution >= 4 is 23.2 Å². The zero-order chi connectivity index (χ0) is 7.98. The Labute approximate surface area is 63.4 Å². The molecule has 0 aromatic rings. The molecule has 0 aromatic carbocycles. The van der Waals surface area contributed by atoms with Crippen LogP contribution in [0.4, 0.5) is 0 Å². The number of carbonyl (C=O) groups is 1. The standard InChI is InChI=1S/C4H10N4OS/c1-8(6)4(7-5)10-3-2-9/h2H,3,5-6H2,1H3/b7-4+. The fraction of sp³-hybridized carbons (Fsp3) is 0.500. The predicted molar refractivity (Wildman–Crippen MR) is 42.1 cm³/mol. The van der Waals surface area contributed by atoms with Crippen molar-refractivity contribution in [1.82, 2.24) is 5.01 Å². The summed E-state index contributed by atoms with van der Waals surface area (Å²) >= 11 is 1.19. The van der Waals surface area contributed by atoms with E-state index in [1.54, 1.807) is 7.05 Å². The lowest BCUT2D eigenvalue weighted by molar-refractivity contribution is -0.105. The number of nitrogens with two attached hydrogens (primary N) is 2. The molecule has 5 nitrogen and oxygen atoms in total. The lowest BCUT2D eigenvalue weighted by Gasteiger charge is -2.10. The highest BCUT2D eigenvalue weighted by Gasteiger charge is 2.00. The molecule has 0 aliphatic heterocycles. The molecular formula is C4H10N4OS. The Morgan fingerprint density at radius 3 is 2.80 bits per heavy atom. The maximum Gasteiger partial charge on any atom is 0.196 e. The third kappa shape index (κ3) is 3.31. The van der Waals surface area contributed by atoms with E-state index < -0.39 is 0 Å². The van der Waals surface area contributed by atoms with Gasteiger partial charge in [0, 0.05) is 7.05 Å². The van der Waals surface area contributed by atoms with Gasteiger partial charge < -0.3 is 10.6 Å². The SMILES string of the molecule is CN(N)/C(=N\N)SCC=O. The quantitative estimate of drug-likeness (QED) is 0.178. The Morgan fingerprint density at radius 1 is 1.90 bits per heavy atom. The second kappa shape index (κ2) is 5.07. The number of thioether (sulfide) groups is 1. The van der Waals surface area contributed by atoms with Crippen LogP contribution in [0, 0.1) is 0 Å². The number of nitrogens with zero attached hydrogens (tertiary/aromatic N) is 2. The van der Waals surface area contributed by atoms with Crippen molar-refractivity contribution < 1.29 is 4.79 Å². The lowest BCUT2D eigenvalue weighted by Crippen LogP contribution is -2.32. The Bertz CT molecular complexity index is 135. The molecule has 0 heterocycles. The van der Waals surface area contributed by atoms with Gasteiger partial charge in [-0.1, -0.05) is 11.8 Å². The van der Waals surface area contributed by atoms with E-state index in [0.29, 0.717) is 10.9 Å². The molecule has 0 aliphatic rings. The van der Waals surface area contributed by atoms with Crippen molar-refractivity contribution in [2.75, 3.05) is 12.8 Å². The molecule has 0 aliphatic carbocycles. The van der Waals surface area contributed by atoms with Crippen LogP contribution in [-0.4, -0.2) is 29.3 Å². The molecule has 0 rings (SSSR count). The van der Waals surface area contributed by atoms with E-state index >= 15 is 0 Å². The molecule has 4 N–H and O–H groups in total. The maximum absolute atomic E-state index is 9.87. The minimum atomic E-state index is 0.317. The fourth-order valence-electron chi connectivity index (χ4n) is 0.339. The molecule has 0 bridgehead atoms. The molecule has 0 amide bonds. The number of hydrazone groups is 1. The molecule has 10 heavy (non-hydrogen) atoms. The van der Waals surface area contributed by atoms with Gasteiger partial charge in [-0.3, -0.25) is 5.01 Å². The van der Waals surface area contributed by atoms with E-state index in [0.717, 1.165) is 6.29 Å². The third-order valence-corrected chi connectivity index (χ3v) is 1.65. The highest BCUT2D eigenvalue weighted by molar-refractivity contribution is 8.14. The topological polar surface area (TPSA) is 84.7 Å². The van der Waals surface area contributed by atoms with Gasteiger partial charge in [0.25, 0.3) is 0 Å². The first kappa shape index (κ1) is 9.25. The number of hydrogen-bond acceptors (Lipinski definition) is 5. The summed E-state index contributed by atoms with van der Waals surface area (Å²) in [6.07, 6.45) is 0.763. The van der Waals surface area contributed by atoms with E-state index in [4.69, 9.17) is 11.7 Å². The van der Waals surface area contributed by atoms with Crippen molar-refractivity contribution in [2.45, 2.75) is 0 Å². The van der Waals surface area contributed by atoms with E-state index in [-0.39, 0.29) is 0 Å². The molecule has 0 radical (unpaired) electrons. The van der Waals surface area contributed by atoms with Crippen molar-refractivity contribution in [2.24, 2.45) is 16.8 Å². The number of hydrazine groups is 1. The largest absolute Gasteiger partial charge is 0.321 e. The number of amidine groups is 1. The smallest absolute Gasteiger partial charge is 0.196 e. The van der Waals surface area contributed by atoms with Crippen LogP contribution in [0.3, 0.4) is 0 Å². The Hall–Kier alpha value is -0.750. The van der Waals surface area contributed by atoms with Gasteiger partial charge in [0.05, 0.1) is 5.75 Å². The molecule has 0 saturated heterocycles. The van der Waals surface area contributed by atoms with Crippen LogP contribution in [0.5, 0.6) is 0 Å². The van der Waals surface area contributed by atoms with Gasteiger partial charge in [-0.2, -0.15) is 5.10 Å². The van der Waals surface area contributed by atoms with Crippen molar-refractivity contribution in [3.8, 4) is 0 Å². The van der Waals surface area contributed by atoms with Gasteiger partial charge in [-0.05, 0) is 0 Å². The summed E-state index contributed by atoms with van der Waals surface area (Å²) in [7, 11) is 1.60. The van der Waals surface area contributed by atoms with Gasteiger partial charge in [-0.15, -0.1) is 0 Å². The highest BCUT2D eigenvalue weighted by Crippen LogP contribution is 2.01. The molecular weight excluding hydrogens is 152 g/mol. The lowest BCUT2D eigenvalue weighted by atomic mass is 10.9. The van der Waals surface area contributed by atoms with Crippen LogP contribution >= 0.6 is 11.8 Å². The first-order valence-electron chi connectivity index (χ1n) is 2.55. The molecule has 0 unspecified atom stereocenters. The second-order valence-electron chi connectivity index (χ2n) is 1.50. The van der Waals surface area contributed by atoms with Gasteiger partial charge in [-0.25, -0.2) is 5.84 Å². The van der Waals surface area contributed by atoms with Gasteiger partial charge in [0.1, 0.15) is 6.29 Å². The van der Waals surface area contributed by atoms with Crippen LogP contribution < -0.4 is 11.7 Å². The highest BCUT2D eigenvalue weighted by atomic mass is 32.2. The molecule has 0 aromatic heterocycles. The Morgan fingerprint density at radius 2 is 2.50 bits per heavy atom. The van der Waals surface area contributed by atoms with E-state index in [1.807, 2.05) is 0 Å². The van der Waals surface area contributed by atoms with E-state index in [1.165, 1.54) is 16.8 Å². The molecule has 0 fully saturated rings. The zero-order valence-electron chi connectivity index (χ0n) is 5.65. The number of aldehydes is 1. The predicted octanol–water partition coefficient (Wildman–Crippen LogP) is -1.05. The monoisotopic (exact) mass is 162 g/mol. The summed E-state index contributed by atoms with van der Waals surface area (Å²) in [6, 6.07) is 0. The number of hydrogen-bond donors (Lipinski definition) is 2. The summed E-state index contributed by atoms with van der Waals surface area (Å²) in [4.78, 5) is 9.87. The van der Waals surface area contributed by atoms with Crippen molar-refractivity contribution in [3.05, 3.63) is 0 Å². The molecule has 6 heteroatoms. The van der Waals surface area contributed by atoms with Gasteiger partial charge in [0.2, 0.25) is 0 Å². The van der Waals surface area contributed by atoms with Crippen LogP contribution in [0.2, 0.25) is 0 Å². The van der Waals surface area contributed by atoms with Gasteiger partial charge in [0.15, 0.2) is 5.17 Å². The molecule has 0 spiro atoms. The van der Waals surface area contributed by atoms with Gasteiger partial charge >= 0.3 is 0 Å². The zero-order valence-corrected chi connectivity index (χ0v) is 6.47. The van der Waals surface area contributed by atoms with Crippen LogP contribution in [0.25, 0.3) is 0 Å². The van der Waals surface area contributed by atoms with Crippen LogP contribution in [0.1, 0.15) is 0 Å². The minimum Gasteiger partial charge on any atom is -0.321 e. The third-order valence-electron chi connectivity index (χ3n) is 0.693. The minimum absolute atomic E-state index is 0.317. The molecule has 58 valence electrons. The molecule has 0 atom stereocenters. The maximum atomic E-state index is 9.87. The molecule has 0 saturated carbocycles. The summed E-state index contributed by atoms with van der Waals surface area (Å²) < 4.78 is 0. The van der Waals surface area contributed by atoms with Crippen molar-refractivity contribution in [3.63, 3.8) is 0 Å². The summed E-state index contributed by atoms with van der Waals surface area (Å²) in [5, 5.41) is 5.04. The van der Waals surface area contributed by atoms with Crippen LogP contribution in [-0.2, 0) is 4.79 Å². The summed E-state index contributed by atoms with van der Waals surface area (Å²) in [6.45, 7) is 0. The first-order valence-corrected chi connectivity index (χ1v) is 3.53. The number of rotatable bonds is 2. The van der Waals surface area contributed by atoms with Crippen LogP contribution in [0.15, 0.2) is 5.10 Å². The Kier molecular flexibility index (Phi) is 4.69. The average molecular weight is 162 g/mol. The van der Waals surface area contributed by atoms with E-state index in [9.17, 15) is 4.79 Å². The summed E-state index contributed by atoms with van der Waals surface area (Å²) in [5.74, 6) is 10.5. The fourth-order valence-corrected chi connectivity index (χ4v) is 0.834. The average Bonchev–Trinajstić information content (AvgIpc) is 1.89. The Balaban J connectivity index is 3.73. The first-order chi connectivity index (χ1) is 4.72. The van der Waals surface area contributed by atoms with E-state index in [2.05, 4.69) is 5.10 Å². The normalized spacial score (nSPS) is 11.2.